The summed E-state index contributed by atoms with van der Waals surface area (Å²) in [6.07, 6.45) is 5.41. The van der Waals surface area contributed by atoms with E-state index in [0.29, 0.717) is 5.75 Å². The van der Waals surface area contributed by atoms with Crippen LogP contribution < -0.4 is 15.4 Å². The number of hydrogen-bond donors (Lipinski definition) is 2. The minimum Gasteiger partial charge on any atom is -0.458 e. The average molecular weight is 649 g/mol. The Morgan fingerprint density at radius 1 is 0.957 bits per heavy atom. The second-order valence-corrected chi connectivity index (χ2v) is 14.8. The molecule has 9 nitrogen and oxygen atoms in total. The highest BCUT2D eigenvalue weighted by atomic mass is 16.6. The topological polar surface area (TPSA) is 120 Å². The molecule has 0 spiro atoms. The van der Waals surface area contributed by atoms with E-state index in [9.17, 15) is 19.2 Å². The van der Waals surface area contributed by atoms with Crippen molar-refractivity contribution in [2.75, 3.05) is 0 Å². The van der Waals surface area contributed by atoms with Crippen LogP contribution in [0, 0.1) is 17.8 Å². The molecule has 1 fully saturated rings. The van der Waals surface area contributed by atoms with Gasteiger partial charge >= 0.3 is 18.0 Å². The van der Waals surface area contributed by atoms with Crippen LogP contribution in [0.3, 0.4) is 0 Å². The van der Waals surface area contributed by atoms with Crippen LogP contribution in [0.25, 0.3) is 0 Å². The van der Waals surface area contributed by atoms with Crippen LogP contribution in [-0.2, 0) is 42.3 Å². The van der Waals surface area contributed by atoms with Gasteiger partial charge in [-0.2, -0.15) is 0 Å². The zero-order chi connectivity index (χ0) is 34.4. The number of hydrogen-bond acceptors (Lipinski definition) is 7. The maximum atomic E-state index is 13.2. The summed E-state index contributed by atoms with van der Waals surface area (Å²) < 4.78 is 16.9. The molecule has 2 aromatic carbocycles. The first-order valence-corrected chi connectivity index (χ1v) is 17.0. The molecule has 2 N–H and O–H groups in total. The number of nitrogens with one attached hydrogen (secondary N) is 2. The molecule has 0 saturated heterocycles. The quantitative estimate of drug-likeness (QED) is 0.215. The van der Waals surface area contributed by atoms with Crippen LogP contribution in [0.15, 0.2) is 48.5 Å². The minimum atomic E-state index is -0.823. The third-order valence-electron chi connectivity index (χ3n) is 9.35. The lowest BCUT2D eigenvalue weighted by atomic mass is 9.59. The van der Waals surface area contributed by atoms with Gasteiger partial charge in [0.2, 0.25) is 5.91 Å². The second kappa shape index (κ2) is 15.3. The molecule has 9 heteroatoms. The summed E-state index contributed by atoms with van der Waals surface area (Å²) in [5.74, 6) is -1.73. The van der Waals surface area contributed by atoms with Crippen molar-refractivity contribution in [3.05, 3.63) is 65.2 Å². The third kappa shape index (κ3) is 9.58. The first-order chi connectivity index (χ1) is 22.2. The van der Waals surface area contributed by atoms with Gasteiger partial charge in [-0.05, 0) is 80.7 Å². The van der Waals surface area contributed by atoms with E-state index in [1.807, 2.05) is 62.4 Å². The lowest BCUT2D eigenvalue weighted by Gasteiger charge is -2.49. The number of fused-ring (bicyclic) bond motifs is 4. The first-order valence-electron chi connectivity index (χ1n) is 17.0. The van der Waals surface area contributed by atoms with Crippen molar-refractivity contribution < 1.29 is 33.4 Å². The smallest absolute Gasteiger partial charge is 0.407 e. The molecule has 5 atom stereocenters. The summed E-state index contributed by atoms with van der Waals surface area (Å²) in [5.41, 5.74) is 2.13. The van der Waals surface area contributed by atoms with Crippen molar-refractivity contribution in [1.82, 2.24) is 10.6 Å². The Labute approximate surface area is 279 Å². The van der Waals surface area contributed by atoms with E-state index in [-0.39, 0.29) is 36.3 Å². The fraction of sp³-hybridized carbons (Fsp3) is 0.579. The molecule has 4 rings (SSSR count). The van der Waals surface area contributed by atoms with Crippen LogP contribution >= 0.6 is 0 Å². The predicted octanol–water partition coefficient (Wildman–Crippen LogP) is 6.79. The Balaban J connectivity index is 1.44. The van der Waals surface area contributed by atoms with Crippen molar-refractivity contribution >= 4 is 23.9 Å². The molecule has 256 valence electrons. The van der Waals surface area contributed by atoms with Gasteiger partial charge < -0.3 is 24.8 Å². The molecule has 2 aliphatic rings. The second-order valence-electron chi connectivity index (χ2n) is 14.8. The van der Waals surface area contributed by atoms with Gasteiger partial charge in [-0.15, -0.1) is 0 Å². The lowest BCUT2D eigenvalue weighted by molar-refractivity contribution is -0.160. The molecular weight excluding hydrogens is 596 g/mol. The summed E-state index contributed by atoms with van der Waals surface area (Å²) in [6.45, 7) is 13.0. The number of alkyl carbamates (subject to hydrolysis) is 1. The van der Waals surface area contributed by atoms with E-state index in [0.717, 1.165) is 49.7 Å². The Morgan fingerprint density at radius 3 is 2.36 bits per heavy atom. The molecule has 0 unspecified atom stereocenters. The Morgan fingerprint density at radius 2 is 1.68 bits per heavy atom. The molecular formula is C38H52N2O7. The predicted molar refractivity (Wildman–Crippen MR) is 180 cm³/mol. The van der Waals surface area contributed by atoms with Crippen LogP contribution in [0.5, 0.6) is 5.75 Å². The summed E-state index contributed by atoms with van der Waals surface area (Å²) in [7, 11) is 0. The van der Waals surface area contributed by atoms with Gasteiger partial charge in [0.05, 0.1) is 5.92 Å². The number of benzene rings is 2. The summed E-state index contributed by atoms with van der Waals surface area (Å²) in [5, 5.41) is 5.98. The molecule has 2 aromatic rings. The largest absolute Gasteiger partial charge is 0.458 e. The van der Waals surface area contributed by atoms with Gasteiger partial charge in [-0.25, -0.2) is 9.59 Å². The van der Waals surface area contributed by atoms with E-state index < -0.39 is 41.5 Å². The number of esters is 2. The molecule has 47 heavy (non-hydrogen) atoms. The number of amides is 2. The highest BCUT2D eigenvalue weighted by Gasteiger charge is 2.47. The molecule has 0 heterocycles. The van der Waals surface area contributed by atoms with Gasteiger partial charge in [0.25, 0.3) is 0 Å². The Hall–Kier alpha value is -3.88. The molecule has 0 aromatic heterocycles. The van der Waals surface area contributed by atoms with Crippen LogP contribution in [0.1, 0.15) is 104 Å². The van der Waals surface area contributed by atoms with Crippen LogP contribution in [-0.4, -0.2) is 41.6 Å². The summed E-state index contributed by atoms with van der Waals surface area (Å²) in [4.78, 5) is 51.8. The number of rotatable bonds is 10. The van der Waals surface area contributed by atoms with Crippen molar-refractivity contribution in [3.8, 4) is 5.75 Å². The van der Waals surface area contributed by atoms with Crippen LogP contribution in [0.2, 0.25) is 0 Å². The van der Waals surface area contributed by atoms with Gasteiger partial charge in [-0.1, -0.05) is 83.4 Å². The Kier molecular flexibility index (Phi) is 11.7. The van der Waals surface area contributed by atoms with Crippen LogP contribution in [0.4, 0.5) is 4.79 Å². The third-order valence-corrected chi connectivity index (χ3v) is 9.35. The molecule has 1 saturated carbocycles. The molecule has 2 aliphatic carbocycles. The van der Waals surface area contributed by atoms with E-state index >= 15 is 0 Å². The Bertz CT molecular complexity index is 1420. The zero-order valence-corrected chi connectivity index (χ0v) is 29.0. The normalized spacial score (nSPS) is 22.0. The lowest BCUT2D eigenvalue weighted by Crippen LogP contribution is -2.57. The van der Waals surface area contributed by atoms with Gasteiger partial charge in [0.1, 0.15) is 24.0 Å². The fourth-order valence-corrected chi connectivity index (χ4v) is 6.89. The molecule has 0 aliphatic heterocycles. The molecule has 0 radical (unpaired) electrons. The maximum absolute atomic E-state index is 13.2. The fourth-order valence-electron chi connectivity index (χ4n) is 6.89. The van der Waals surface area contributed by atoms with E-state index in [2.05, 4.69) is 17.6 Å². The number of carbonyl (C=O) groups excluding carboxylic acids is 4. The van der Waals surface area contributed by atoms with Crippen molar-refractivity contribution in [2.24, 2.45) is 17.8 Å². The first kappa shape index (κ1) is 36.0. The van der Waals surface area contributed by atoms with E-state index in [1.165, 1.54) is 5.56 Å². The minimum absolute atomic E-state index is 0.133. The SMILES string of the molecule is CC(C)[C@H](NC(=O)C[C@H](C)C(=O)Oc1ccc2c(c1)[C@@]1(C)CCCCC[C@@H](C2)[C@@H]1NC(=O)OCc1ccccc1)C(=O)OC(C)(C)C. The van der Waals surface area contributed by atoms with Gasteiger partial charge in [0, 0.05) is 17.9 Å². The molecule has 2 amide bonds. The van der Waals surface area contributed by atoms with Crippen molar-refractivity contribution in [3.63, 3.8) is 0 Å². The highest BCUT2D eigenvalue weighted by Crippen LogP contribution is 2.47. The standard InChI is InChI=1S/C38H52N2O7/c1-24(2)32(35(43)47-37(4,5)6)39-31(41)20-25(3)34(42)46-29-18-17-27-21-28-16-12-9-13-19-38(7,30(27)22-29)33(28)40-36(44)45-23-26-14-10-8-11-15-26/h8,10-11,14-15,17-18,22,24-25,28,32-33H,9,12-13,16,19-21,23H2,1-7H3,(H,39,41)(H,40,44)/t25-,28-,32-,33-,38+/m0/s1. The number of carbonyl (C=O) groups is 4. The highest BCUT2D eigenvalue weighted by molar-refractivity contribution is 5.87. The zero-order valence-electron chi connectivity index (χ0n) is 29.0. The number of ether oxygens (including phenoxy) is 3. The average Bonchev–Trinajstić information content (AvgIpc) is 2.99. The van der Waals surface area contributed by atoms with E-state index in [4.69, 9.17) is 14.2 Å². The summed E-state index contributed by atoms with van der Waals surface area (Å²) >= 11 is 0. The monoisotopic (exact) mass is 648 g/mol. The van der Waals surface area contributed by atoms with Gasteiger partial charge in [0.15, 0.2) is 0 Å². The van der Waals surface area contributed by atoms with Gasteiger partial charge in [-0.3, -0.25) is 9.59 Å². The maximum Gasteiger partial charge on any atom is 0.407 e. The van der Waals surface area contributed by atoms with Crippen molar-refractivity contribution in [2.45, 2.75) is 123 Å². The summed E-state index contributed by atoms with van der Waals surface area (Å²) in [6, 6.07) is 14.4. The molecule has 2 bridgehead atoms. The van der Waals surface area contributed by atoms with E-state index in [1.54, 1.807) is 27.7 Å². The van der Waals surface area contributed by atoms with Crippen molar-refractivity contribution in [1.29, 1.82) is 0 Å².